The fourth-order valence-electron chi connectivity index (χ4n) is 7.22. The lowest BCUT2D eigenvalue weighted by Gasteiger charge is -2.16. The van der Waals surface area contributed by atoms with E-state index >= 15 is 0 Å². The molecule has 0 spiro atoms. The van der Waals surface area contributed by atoms with E-state index in [-0.39, 0.29) is 29.5 Å². The number of rotatable bonds is 8. The minimum absolute atomic E-state index is 0.247. The molecule has 7 aromatic rings. The summed E-state index contributed by atoms with van der Waals surface area (Å²) >= 11 is 13.8. The Morgan fingerprint density at radius 2 is 0.632 bits per heavy atom. The van der Waals surface area contributed by atoms with Gasteiger partial charge in [-0.05, 0) is 128 Å². The van der Waals surface area contributed by atoms with E-state index in [2.05, 4.69) is 95.0 Å². The number of carbonyl (C=O) groups excluding carboxylic acids is 4. The Morgan fingerprint density at radius 3 is 0.941 bits per heavy atom. The maximum absolute atomic E-state index is 13.2. The Morgan fingerprint density at radius 1 is 0.368 bits per heavy atom. The second-order valence-corrected chi connectivity index (χ2v) is 26.3. The second-order valence-electron chi connectivity index (χ2n) is 18.4. The van der Waals surface area contributed by atoms with E-state index < -0.39 is 17.3 Å². The van der Waals surface area contributed by atoms with Crippen LogP contribution in [0.3, 0.4) is 0 Å². The van der Waals surface area contributed by atoms with E-state index in [1.807, 2.05) is 30.3 Å². The molecule has 4 amide bonds. The summed E-state index contributed by atoms with van der Waals surface area (Å²) in [4.78, 5) is 90.0. The number of amides is 4. The molecular formula is C48H42Br4N12O4. The average molecular weight is 1170 g/mol. The van der Waals surface area contributed by atoms with Crippen molar-refractivity contribution in [1.29, 1.82) is 0 Å². The number of carbonyl (C=O) groups is 4. The molecule has 9 rings (SSSR count). The van der Waals surface area contributed by atoms with E-state index in [9.17, 15) is 19.2 Å². The maximum atomic E-state index is 13.2. The molecule has 20 heteroatoms. The van der Waals surface area contributed by atoms with E-state index in [4.69, 9.17) is 29.9 Å². The van der Waals surface area contributed by atoms with E-state index in [0.29, 0.717) is 107 Å². The lowest BCUT2D eigenvalue weighted by Crippen LogP contribution is -2.30. The van der Waals surface area contributed by atoms with Crippen LogP contribution in [0.2, 0.25) is 0 Å². The monoisotopic (exact) mass is 1170 g/mol. The number of nitrogens with one attached hydrogen (secondary N) is 6. The summed E-state index contributed by atoms with van der Waals surface area (Å²) in [6.45, 7) is 14.0. The number of hydrogen-bond donors (Lipinski definition) is 6. The minimum Gasteiger partial charge on any atom is -0.325 e. The van der Waals surface area contributed by atoms with Crippen molar-refractivity contribution >= 4 is 154 Å². The molecule has 4 aromatic carbocycles. The highest BCUT2D eigenvalue weighted by atomic mass is 79.9. The minimum atomic E-state index is -0.855. The first-order valence-corrected chi connectivity index (χ1v) is 24.4. The van der Waals surface area contributed by atoms with Crippen molar-refractivity contribution in [3.05, 3.63) is 72.8 Å². The summed E-state index contributed by atoms with van der Waals surface area (Å²) < 4.78 is -3.40. The lowest BCUT2D eigenvalue weighted by atomic mass is 10.1. The number of H-pyrrole nitrogens is 2. The molecule has 0 atom stereocenters. The quantitative estimate of drug-likeness (QED) is 0.0789. The Labute approximate surface area is 422 Å². The third kappa shape index (κ3) is 9.30. The Hall–Kier alpha value is -5.96. The zero-order valence-electron chi connectivity index (χ0n) is 37.8. The van der Waals surface area contributed by atoms with Gasteiger partial charge in [0, 0.05) is 66.5 Å². The molecule has 346 valence electrons. The fourth-order valence-corrected chi connectivity index (χ4v) is 7.62. The van der Waals surface area contributed by atoms with Crippen LogP contribution in [0.4, 0.5) is 22.7 Å². The Kier molecular flexibility index (Phi) is 11.7. The lowest BCUT2D eigenvalue weighted by molar-refractivity contribution is -0.118. The molecule has 0 saturated heterocycles. The van der Waals surface area contributed by atoms with Gasteiger partial charge in [0.2, 0.25) is 23.6 Å². The highest BCUT2D eigenvalue weighted by Gasteiger charge is 2.29. The normalized spacial score (nSPS) is 12.6. The number of hydrogen-bond acceptors (Lipinski definition) is 10. The van der Waals surface area contributed by atoms with Crippen molar-refractivity contribution in [1.82, 2.24) is 39.9 Å². The number of anilines is 4. The predicted octanol–water partition coefficient (Wildman–Crippen LogP) is 11.3. The number of halogens is 4. The van der Waals surface area contributed by atoms with Gasteiger partial charge >= 0.3 is 0 Å². The van der Waals surface area contributed by atoms with Crippen molar-refractivity contribution in [2.45, 2.75) is 72.7 Å². The number of nitrogens with zero attached hydrogens (tertiary/aromatic N) is 6. The van der Waals surface area contributed by atoms with Gasteiger partial charge in [-0.25, -0.2) is 29.9 Å². The molecule has 68 heavy (non-hydrogen) atoms. The van der Waals surface area contributed by atoms with Crippen LogP contribution in [-0.4, -0.2) is 80.8 Å². The van der Waals surface area contributed by atoms with Crippen molar-refractivity contribution in [3.63, 3.8) is 0 Å². The zero-order valence-corrected chi connectivity index (χ0v) is 44.1. The summed E-state index contributed by atoms with van der Waals surface area (Å²) in [5, 5.41) is 14.5. The van der Waals surface area contributed by atoms with Crippen LogP contribution >= 0.6 is 63.7 Å². The molecule has 16 nitrogen and oxygen atoms in total. The number of fused-ring (bicyclic) bond motifs is 20. The van der Waals surface area contributed by atoms with Gasteiger partial charge in [0.15, 0.2) is 23.3 Å². The number of alkyl halides is 4. The topological polar surface area (TPSA) is 225 Å². The third-order valence-corrected chi connectivity index (χ3v) is 12.5. The smallest absolute Gasteiger partial charge is 0.240 e. The fraction of sp³-hybridized carbons (Fsp3) is 0.250. The van der Waals surface area contributed by atoms with Gasteiger partial charge in [-0.1, -0.05) is 63.7 Å². The summed E-state index contributed by atoms with van der Waals surface area (Å²) in [6.07, 6.45) is 0. The van der Waals surface area contributed by atoms with Crippen molar-refractivity contribution in [3.8, 4) is 45.6 Å². The van der Waals surface area contributed by atoms with Gasteiger partial charge in [0.25, 0.3) is 0 Å². The van der Waals surface area contributed by atoms with Gasteiger partial charge in [-0.2, -0.15) is 0 Å². The molecule has 0 fully saturated rings. The van der Waals surface area contributed by atoms with E-state index in [0.717, 1.165) is 0 Å². The van der Waals surface area contributed by atoms with Gasteiger partial charge in [0.1, 0.15) is 22.6 Å². The van der Waals surface area contributed by atoms with Crippen LogP contribution in [0.1, 0.15) is 55.4 Å². The van der Waals surface area contributed by atoms with Gasteiger partial charge in [-0.15, -0.1) is 0 Å². The molecule has 0 radical (unpaired) electrons. The first kappa shape index (κ1) is 47.1. The predicted molar refractivity (Wildman–Crippen MR) is 283 cm³/mol. The van der Waals surface area contributed by atoms with Gasteiger partial charge < -0.3 is 31.2 Å². The van der Waals surface area contributed by atoms with Gasteiger partial charge in [-0.3, -0.25) is 19.2 Å². The van der Waals surface area contributed by atoms with Crippen molar-refractivity contribution in [2.24, 2.45) is 0 Å². The molecule has 2 aliphatic heterocycles. The first-order chi connectivity index (χ1) is 31.8. The van der Waals surface area contributed by atoms with E-state index in [1.54, 1.807) is 97.9 Å². The van der Waals surface area contributed by atoms with Crippen LogP contribution in [0.5, 0.6) is 0 Å². The average Bonchev–Trinajstić information content (AvgIpc) is 3.97. The number of aromatic amines is 2. The largest absolute Gasteiger partial charge is 0.325 e. The molecule has 0 unspecified atom stereocenters. The Bertz CT molecular complexity index is 3510. The molecule has 8 bridgehead atoms. The molecule has 0 aliphatic carbocycles. The van der Waals surface area contributed by atoms with E-state index in [1.165, 1.54) is 0 Å². The van der Waals surface area contributed by atoms with Crippen LogP contribution in [-0.2, 0) is 19.2 Å². The first-order valence-electron chi connectivity index (χ1n) is 21.2. The SMILES string of the molecule is CC(C)(Br)C(=O)Nc1ccc2c(c1)-c1nc-2nc2[nH]c(nc3nc(nc4[nH]c(n1)c1ccc(NC(=O)C(C)(C)Br)cc41)-c1cc(NC(=O)C(C)(C)Br)ccc1-3)c1cc(NC(=O)C(C)(C)Br)ccc21. The molecular weight excluding hydrogens is 1130 g/mol. The zero-order chi connectivity index (χ0) is 48.8. The molecule has 2 aliphatic rings. The molecule has 5 heterocycles. The van der Waals surface area contributed by atoms with Crippen LogP contribution in [0.15, 0.2) is 72.8 Å². The summed E-state index contributed by atoms with van der Waals surface area (Å²) in [5.74, 6) is 0.202. The maximum Gasteiger partial charge on any atom is 0.240 e. The highest BCUT2D eigenvalue weighted by Crippen LogP contribution is 2.40. The number of aromatic nitrogens is 8. The summed E-state index contributed by atoms with van der Waals surface area (Å²) in [5.41, 5.74) is 6.08. The van der Waals surface area contributed by atoms with Gasteiger partial charge in [0.05, 0.1) is 17.3 Å². The van der Waals surface area contributed by atoms with Crippen molar-refractivity contribution < 1.29 is 19.2 Å². The molecule has 3 aromatic heterocycles. The van der Waals surface area contributed by atoms with Crippen molar-refractivity contribution in [2.75, 3.05) is 21.3 Å². The van der Waals surface area contributed by atoms with Crippen LogP contribution in [0, 0.1) is 0 Å². The van der Waals surface area contributed by atoms with Crippen LogP contribution < -0.4 is 21.3 Å². The standard InChI is InChI=1S/C48H42Br4N12O4/c1-45(2,49)41(65)53-21-9-13-25-29(17-21)37-58-33(25)57-34-26-14-10-22(54-42(66)46(3,4)50)18-30(26)38(59-34)61-36-28-16-12-24(56-44(68)48(7,8)52)20-32(28)40(63-36)64-39-31-19-23(55-43(67)47(5,6)51)11-15-27(31)35(60-37)62-39/h9-20H,1-8H3,(H,53,65)(H,54,66)(H,55,67)(H,56,68)(H2,57,58,59,60,61,62,63,64). The molecule has 6 N–H and O–H groups in total. The highest BCUT2D eigenvalue weighted by molar-refractivity contribution is 9.10. The second kappa shape index (κ2) is 16.9. The van der Waals surface area contributed by atoms with Crippen LogP contribution in [0.25, 0.3) is 89.7 Å². The molecule has 0 saturated carbocycles. The summed E-state index contributed by atoms with van der Waals surface area (Å²) in [6, 6.07) is 21.7. The Balaban J connectivity index is 1.37. The summed E-state index contributed by atoms with van der Waals surface area (Å²) in [7, 11) is 0. The third-order valence-electron chi connectivity index (χ3n) is 11.0. The number of benzene rings is 4.